The van der Waals surface area contributed by atoms with Gasteiger partial charge in [-0.15, -0.1) is 0 Å². The Morgan fingerprint density at radius 2 is 1.61 bits per heavy atom. The van der Waals surface area contributed by atoms with Crippen LogP contribution in [0.15, 0.2) is 60.9 Å². The van der Waals surface area contributed by atoms with Gasteiger partial charge in [0, 0.05) is 17.3 Å². The summed E-state index contributed by atoms with van der Waals surface area (Å²) in [5, 5.41) is 3.10. The molecule has 3 aromatic rings. The van der Waals surface area contributed by atoms with Gasteiger partial charge in [-0.3, -0.25) is 0 Å². The molecule has 0 unspecified atom stereocenters. The first-order chi connectivity index (χ1) is 11.0. The molecule has 6 heteroatoms. The van der Waals surface area contributed by atoms with Crippen molar-refractivity contribution in [3.05, 3.63) is 72.6 Å². The van der Waals surface area contributed by atoms with Crippen molar-refractivity contribution in [3.8, 4) is 11.3 Å². The van der Waals surface area contributed by atoms with Crippen molar-refractivity contribution >= 4 is 11.5 Å². The summed E-state index contributed by atoms with van der Waals surface area (Å²) in [4.78, 5) is 8.21. The molecule has 1 heterocycles. The van der Waals surface area contributed by atoms with E-state index < -0.39 is 11.7 Å². The lowest BCUT2D eigenvalue weighted by Gasteiger charge is -2.09. The van der Waals surface area contributed by atoms with Crippen LogP contribution in [0.1, 0.15) is 5.56 Å². The molecule has 0 saturated heterocycles. The lowest BCUT2D eigenvalue weighted by Crippen LogP contribution is -2.04. The van der Waals surface area contributed by atoms with Crippen molar-refractivity contribution in [3.63, 3.8) is 0 Å². The normalized spacial score (nSPS) is 11.3. The van der Waals surface area contributed by atoms with Gasteiger partial charge in [-0.05, 0) is 30.3 Å². The standard InChI is InChI=1S/C17H11F3N3/c18-17(19,20)13-8-6-12(7-9-13)15-10-16(22-11-21-15)23-14-4-2-1-3-5-14/h2-11H,(H,21,22,23). The Labute approximate surface area is 130 Å². The van der Waals surface area contributed by atoms with Crippen LogP contribution in [0, 0.1) is 6.07 Å². The minimum Gasteiger partial charge on any atom is -0.340 e. The summed E-state index contributed by atoms with van der Waals surface area (Å²) >= 11 is 0. The molecule has 1 aromatic heterocycles. The first kappa shape index (κ1) is 15.0. The second kappa shape index (κ2) is 6.08. The average Bonchev–Trinajstić information content (AvgIpc) is 2.55. The monoisotopic (exact) mass is 314 g/mol. The fourth-order valence-corrected chi connectivity index (χ4v) is 2.03. The number of alkyl halides is 3. The van der Waals surface area contributed by atoms with Crippen LogP contribution in [0.25, 0.3) is 11.3 Å². The summed E-state index contributed by atoms with van der Waals surface area (Å²) in [5.41, 5.74) is 1.28. The number of nitrogens with one attached hydrogen (secondary N) is 1. The number of hydrogen-bond donors (Lipinski definition) is 1. The SMILES string of the molecule is FC(F)(F)c1ccc(-c2cc(Nc3cc[c]cc3)ncn2)cc1. The lowest BCUT2D eigenvalue weighted by molar-refractivity contribution is -0.137. The van der Waals surface area contributed by atoms with Gasteiger partial charge in [0.2, 0.25) is 0 Å². The molecule has 0 bridgehead atoms. The van der Waals surface area contributed by atoms with Crippen LogP contribution >= 0.6 is 0 Å². The van der Waals surface area contributed by atoms with Crippen molar-refractivity contribution in [2.24, 2.45) is 0 Å². The summed E-state index contributed by atoms with van der Waals surface area (Å²) < 4.78 is 37.8. The topological polar surface area (TPSA) is 37.8 Å². The van der Waals surface area contributed by atoms with Gasteiger partial charge < -0.3 is 5.32 Å². The van der Waals surface area contributed by atoms with Gasteiger partial charge in [0.25, 0.3) is 0 Å². The van der Waals surface area contributed by atoms with Crippen molar-refractivity contribution in [2.45, 2.75) is 6.18 Å². The van der Waals surface area contributed by atoms with E-state index in [9.17, 15) is 13.2 Å². The van der Waals surface area contributed by atoms with Gasteiger partial charge in [-0.2, -0.15) is 13.2 Å². The minimum absolute atomic E-state index is 0.540. The maximum Gasteiger partial charge on any atom is 0.416 e. The van der Waals surface area contributed by atoms with Crippen LogP contribution in [0.2, 0.25) is 0 Å². The van der Waals surface area contributed by atoms with Crippen LogP contribution in [0.4, 0.5) is 24.7 Å². The zero-order chi connectivity index (χ0) is 16.3. The Morgan fingerprint density at radius 1 is 0.913 bits per heavy atom. The molecule has 0 aliphatic carbocycles. The molecule has 0 aliphatic heterocycles. The maximum atomic E-state index is 12.6. The third-order valence-corrected chi connectivity index (χ3v) is 3.17. The quantitative estimate of drug-likeness (QED) is 0.761. The number of rotatable bonds is 3. The van der Waals surface area contributed by atoms with Crippen molar-refractivity contribution in [1.82, 2.24) is 9.97 Å². The van der Waals surface area contributed by atoms with Crippen molar-refractivity contribution in [2.75, 3.05) is 5.32 Å². The van der Waals surface area contributed by atoms with E-state index >= 15 is 0 Å². The molecule has 0 fully saturated rings. The first-order valence-corrected chi connectivity index (χ1v) is 6.75. The predicted molar refractivity (Wildman–Crippen MR) is 81.0 cm³/mol. The highest BCUT2D eigenvalue weighted by atomic mass is 19.4. The maximum absolute atomic E-state index is 12.6. The summed E-state index contributed by atoms with van der Waals surface area (Å²) in [7, 11) is 0. The predicted octanol–water partition coefficient (Wildman–Crippen LogP) is 4.71. The molecule has 1 N–H and O–H groups in total. The Hall–Kier alpha value is -2.89. The zero-order valence-electron chi connectivity index (χ0n) is 11.8. The van der Waals surface area contributed by atoms with Gasteiger partial charge in [-0.25, -0.2) is 9.97 Å². The van der Waals surface area contributed by atoms with Gasteiger partial charge in [0.15, 0.2) is 0 Å². The summed E-state index contributed by atoms with van der Waals surface area (Å²) in [6.07, 6.45) is -2.98. The molecule has 0 saturated carbocycles. The third-order valence-electron chi connectivity index (χ3n) is 3.17. The molecule has 0 aliphatic rings. The van der Waals surface area contributed by atoms with Crippen LogP contribution in [-0.4, -0.2) is 9.97 Å². The van der Waals surface area contributed by atoms with E-state index in [1.54, 1.807) is 18.2 Å². The van der Waals surface area contributed by atoms with E-state index in [2.05, 4.69) is 21.4 Å². The van der Waals surface area contributed by atoms with Gasteiger partial charge in [0.05, 0.1) is 11.3 Å². The lowest BCUT2D eigenvalue weighted by atomic mass is 10.1. The number of benzene rings is 2. The Bertz CT molecular complexity index is 784. The van der Waals surface area contributed by atoms with E-state index in [0.29, 0.717) is 17.1 Å². The van der Waals surface area contributed by atoms with Crippen molar-refractivity contribution in [1.29, 1.82) is 0 Å². The molecule has 0 spiro atoms. The molecule has 1 radical (unpaired) electrons. The molecule has 23 heavy (non-hydrogen) atoms. The first-order valence-electron chi connectivity index (χ1n) is 6.75. The number of anilines is 2. The Kier molecular flexibility index (Phi) is 3.97. The number of aromatic nitrogens is 2. The largest absolute Gasteiger partial charge is 0.416 e. The highest BCUT2D eigenvalue weighted by Crippen LogP contribution is 2.30. The van der Waals surface area contributed by atoms with E-state index in [4.69, 9.17) is 0 Å². The second-order valence-corrected chi connectivity index (χ2v) is 4.78. The number of hydrogen-bond acceptors (Lipinski definition) is 3. The van der Waals surface area contributed by atoms with Gasteiger partial charge in [-0.1, -0.05) is 24.3 Å². The van der Waals surface area contributed by atoms with Crippen LogP contribution < -0.4 is 5.32 Å². The third kappa shape index (κ3) is 3.66. The van der Waals surface area contributed by atoms with E-state index in [0.717, 1.165) is 17.8 Å². The Balaban J connectivity index is 1.85. The average molecular weight is 314 g/mol. The fraction of sp³-hybridized carbons (Fsp3) is 0.0588. The number of halogens is 3. The molecular formula is C17H11F3N3. The smallest absolute Gasteiger partial charge is 0.340 e. The van der Waals surface area contributed by atoms with Gasteiger partial charge in [0.1, 0.15) is 12.1 Å². The summed E-state index contributed by atoms with van der Waals surface area (Å²) in [5.74, 6) is 0.557. The molecule has 0 atom stereocenters. The van der Waals surface area contributed by atoms with Crippen LogP contribution in [0.5, 0.6) is 0 Å². The Morgan fingerprint density at radius 3 is 2.26 bits per heavy atom. The molecule has 3 rings (SSSR count). The molecule has 3 nitrogen and oxygen atoms in total. The van der Waals surface area contributed by atoms with Crippen LogP contribution in [-0.2, 0) is 6.18 Å². The molecular weight excluding hydrogens is 303 g/mol. The van der Waals surface area contributed by atoms with E-state index in [1.807, 2.05) is 12.1 Å². The van der Waals surface area contributed by atoms with E-state index in [-0.39, 0.29) is 0 Å². The van der Waals surface area contributed by atoms with Gasteiger partial charge >= 0.3 is 6.18 Å². The van der Waals surface area contributed by atoms with Crippen molar-refractivity contribution < 1.29 is 13.2 Å². The van der Waals surface area contributed by atoms with Crippen LogP contribution in [0.3, 0.4) is 0 Å². The second-order valence-electron chi connectivity index (χ2n) is 4.78. The van der Waals surface area contributed by atoms with E-state index in [1.165, 1.54) is 18.5 Å². The summed E-state index contributed by atoms with van der Waals surface area (Å²) in [6.45, 7) is 0. The highest BCUT2D eigenvalue weighted by molar-refractivity contribution is 5.65. The fourth-order valence-electron chi connectivity index (χ4n) is 2.03. The molecule has 2 aromatic carbocycles. The zero-order valence-corrected chi connectivity index (χ0v) is 11.8. The number of nitrogens with zero attached hydrogens (tertiary/aromatic N) is 2. The minimum atomic E-state index is -4.35. The highest BCUT2D eigenvalue weighted by Gasteiger charge is 2.29. The molecule has 115 valence electrons. The molecule has 0 amide bonds. The summed E-state index contributed by atoms with van der Waals surface area (Å²) in [6, 6.07) is 16.7.